The average molecular weight is 333 g/mol. The zero-order valence-corrected chi connectivity index (χ0v) is 15.5. The number of carboxylic acid groups (broad SMARTS) is 1. The zero-order chi connectivity index (χ0) is 17.7. The van der Waals surface area contributed by atoms with Crippen LogP contribution >= 0.6 is 0 Å². The van der Waals surface area contributed by atoms with Gasteiger partial charge in [0, 0.05) is 6.42 Å². The number of carbonyl (C=O) groups is 1. The summed E-state index contributed by atoms with van der Waals surface area (Å²) in [6, 6.07) is 0. The second-order valence-corrected chi connectivity index (χ2v) is 6.08. The molecule has 0 rings (SSSR count). The summed E-state index contributed by atoms with van der Waals surface area (Å²) in [6.07, 6.45) is 30.2. The monoisotopic (exact) mass is 332 g/mol. The van der Waals surface area contributed by atoms with Crippen LogP contribution in [0.4, 0.5) is 0 Å². The SMILES string of the molecule is CCCCC/C=C/C/C=C/C/C=C\C/C=C/CCCCCC(=O)O. The van der Waals surface area contributed by atoms with Gasteiger partial charge in [-0.05, 0) is 51.4 Å². The number of allylic oxidation sites excluding steroid dienone is 8. The molecule has 0 saturated heterocycles. The molecule has 0 atom stereocenters. The third-order valence-corrected chi connectivity index (χ3v) is 3.72. The molecule has 0 fully saturated rings. The molecule has 0 aliphatic carbocycles. The highest BCUT2D eigenvalue weighted by Crippen LogP contribution is 2.04. The van der Waals surface area contributed by atoms with Crippen molar-refractivity contribution in [3.63, 3.8) is 0 Å². The Balaban J connectivity index is 3.37. The number of aliphatic carboxylic acids is 1. The van der Waals surface area contributed by atoms with E-state index in [4.69, 9.17) is 5.11 Å². The van der Waals surface area contributed by atoms with Gasteiger partial charge >= 0.3 is 5.97 Å². The Morgan fingerprint density at radius 3 is 1.58 bits per heavy atom. The minimum atomic E-state index is -0.687. The molecule has 1 N–H and O–H groups in total. The first-order chi connectivity index (χ1) is 11.8. The third kappa shape index (κ3) is 20.4. The third-order valence-electron chi connectivity index (χ3n) is 3.72. The number of hydrogen-bond acceptors (Lipinski definition) is 1. The molecular formula is C22H36O2. The fraction of sp³-hybridized carbons (Fsp3) is 0.591. The van der Waals surface area contributed by atoms with E-state index >= 15 is 0 Å². The summed E-state index contributed by atoms with van der Waals surface area (Å²) in [5.74, 6) is -0.687. The average Bonchev–Trinajstić information content (AvgIpc) is 2.56. The van der Waals surface area contributed by atoms with Gasteiger partial charge in [0.2, 0.25) is 0 Å². The molecule has 2 heteroatoms. The van der Waals surface area contributed by atoms with E-state index in [1.54, 1.807) is 0 Å². The van der Waals surface area contributed by atoms with Crippen LogP contribution in [0.25, 0.3) is 0 Å². The van der Waals surface area contributed by atoms with Gasteiger partial charge in [0.05, 0.1) is 0 Å². The summed E-state index contributed by atoms with van der Waals surface area (Å²) in [5.41, 5.74) is 0. The van der Waals surface area contributed by atoms with Crippen molar-refractivity contribution in [2.75, 3.05) is 0 Å². The predicted molar refractivity (Wildman–Crippen MR) is 105 cm³/mol. The van der Waals surface area contributed by atoms with E-state index in [9.17, 15) is 4.79 Å². The first-order valence-electron chi connectivity index (χ1n) is 9.59. The van der Waals surface area contributed by atoms with Crippen molar-refractivity contribution >= 4 is 5.97 Å². The quantitative estimate of drug-likeness (QED) is 0.244. The smallest absolute Gasteiger partial charge is 0.303 e. The Labute approximate surface area is 149 Å². The van der Waals surface area contributed by atoms with Crippen molar-refractivity contribution in [3.05, 3.63) is 48.6 Å². The van der Waals surface area contributed by atoms with E-state index in [0.29, 0.717) is 6.42 Å². The van der Waals surface area contributed by atoms with Gasteiger partial charge in [0.15, 0.2) is 0 Å². The van der Waals surface area contributed by atoms with Crippen molar-refractivity contribution in [2.45, 2.75) is 84.0 Å². The molecular weight excluding hydrogens is 296 g/mol. The highest BCUT2D eigenvalue weighted by atomic mass is 16.4. The molecule has 0 aromatic rings. The Hall–Kier alpha value is -1.57. The van der Waals surface area contributed by atoms with Crippen LogP contribution in [0.5, 0.6) is 0 Å². The summed E-state index contributed by atoms with van der Waals surface area (Å²) in [7, 11) is 0. The van der Waals surface area contributed by atoms with Gasteiger partial charge in [-0.15, -0.1) is 0 Å². The lowest BCUT2D eigenvalue weighted by Gasteiger charge is -1.94. The van der Waals surface area contributed by atoms with Gasteiger partial charge in [0.25, 0.3) is 0 Å². The van der Waals surface area contributed by atoms with Crippen LogP contribution in [0.2, 0.25) is 0 Å². The molecule has 0 unspecified atom stereocenters. The van der Waals surface area contributed by atoms with Crippen molar-refractivity contribution in [1.29, 1.82) is 0 Å². The molecule has 0 heterocycles. The van der Waals surface area contributed by atoms with E-state index in [-0.39, 0.29) is 0 Å². The van der Waals surface area contributed by atoms with Gasteiger partial charge in [-0.2, -0.15) is 0 Å². The molecule has 136 valence electrons. The van der Waals surface area contributed by atoms with Crippen molar-refractivity contribution in [3.8, 4) is 0 Å². The lowest BCUT2D eigenvalue weighted by molar-refractivity contribution is -0.137. The van der Waals surface area contributed by atoms with E-state index in [0.717, 1.165) is 44.9 Å². The predicted octanol–water partition coefficient (Wildman–Crippen LogP) is 7.00. The fourth-order valence-electron chi connectivity index (χ4n) is 2.28. The van der Waals surface area contributed by atoms with Gasteiger partial charge in [-0.1, -0.05) is 74.8 Å². The largest absolute Gasteiger partial charge is 0.481 e. The Morgan fingerprint density at radius 2 is 1.12 bits per heavy atom. The van der Waals surface area contributed by atoms with Gasteiger partial charge < -0.3 is 5.11 Å². The summed E-state index contributed by atoms with van der Waals surface area (Å²) in [6.45, 7) is 2.24. The Bertz CT molecular complexity index is 389. The second-order valence-electron chi connectivity index (χ2n) is 6.08. The van der Waals surface area contributed by atoms with Crippen LogP contribution < -0.4 is 0 Å². The molecule has 2 nitrogen and oxygen atoms in total. The van der Waals surface area contributed by atoms with Crippen LogP contribution in [-0.4, -0.2) is 11.1 Å². The van der Waals surface area contributed by atoms with Crippen LogP contribution in [0, 0.1) is 0 Å². The summed E-state index contributed by atoms with van der Waals surface area (Å²) in [5, 5.41) is 8.53. The van der Waals surface area contributed by atoms with Crippen LogP contribution in [0.1, 0.15) is 84.0 Å². The standard InChI is InChI=1S/C22H36O2/c1-2-3-4-5-6-7-8-9-10-11-12-13-14-15-16-17-18-19-20-21-22(23)24/h6-7,9-10,12-13,15-16H,2-5,8,11,14,17-21H2,1H3,(H,23,24)/b7-6+,10-9+,13-12-,16-15+. The number of rotatable bonds is 16. The Kier molecular flexibility index (Phi) is 18.2. The molecule has 0 bridgehead atoms. The lowest BCUT2D eigenvalue weighted by atomic mass is 10.1. The summed E-state index contributed by atoms with van der Waals surface area (Å²) >= 11 is 0. The minimum Gasteiger partial charge on any atom is -0.481 e. The number of unbranched alkanes of at least 4 members (excludes halogenated alkanes) is 6. The second kappa shape index (κ2) is 19.5. The zero-order valence-electron chi connectivity index (χ0n) is 15.5. The molecule has 0 saturated carbocycles. The topological polar surface area (TPSA) is 37.3 Å². The van der Waals surface area contributed by atoms with Crippen LogP contribution in [0.15, 0.2) is 48.6 Å². The van der Waals surface area contributed by atoms with E-state index in [1.165, 1.54) is 25.7 Å². The van der Waals surface area contributed by atoms with Gasteiger partial charge in [-0.25, -0.2) is 0 Å². The van der Waals surface area contributed by atoms with Gasteiger partial charge in [-0.3, -0.25) is 4.79 Å². The maximum Gasteiger partial charge on any atom is 0.303 e. The van der Waals surface area contributed by atoms with Crippen molar-refractivity contribution in [2.24, 2.45) is 0 Å². The first-order valence-corrected chi connectivity index (χ1v) is 9.59. The van der Waals surface area contributed by atoms with E-state index < -0.39 is 5.97 Å². The fourth-order valence-corrected chi connectivity index (χ4v) is 2.28. The maximum absolute atomic E-state index is 10.4. The minimum absolute atomic E-state index is 0.300. The molecule has 0 amide bonds. The molecule has 0 spiro atoms. The molecule has 0 aromatic carbocycles. The summed E-state index contributed by atoms with van der Waals surface area (Å²) < 4.78 is 0. The Morgan fingerprint density at radius 1 is 0.667 bits per heavy atom. The normalized spacial score (nSPS) is 12.4. The van der Waals surface area contributed by atoms with Crippen LogP contribution in [0.3, 0.4) is 0 Å². The van der Waals surface area contributed by atoms with Gasteiger partial charge in [0.1, 0.15) is 0 Å². The first kappa shape index (κ1) is 22.4. The molecule has 0 aliphatic heterocycles. The van der Waals surface area contributed by atoms with E-state index in [1.807, 2.05) is 0 Å². The lowest BCUT2D eigenvalue weighted by Crippen LogP contribution is -1.93. The maximum atomic E-state index is 10.4. The summed E-state index contributed by atoms with van der Waals surface area (Å²) in [4.78, 5) is 10.4. The number of hydrogen-bond donors (Lipinski definition) is 1. The van der Waals surface area contributed by atoms with Crippen molar-refractivity contribution < 1.29 is 9.90 Å². The number of carboxylic acids is 1. The van der Waals surface area contributed by atoms with Crippen molar-refractivity contribution in [1.82, 2.24) is 0 Å². The van der Waals surface area contributed by atoms with Crippen LogP contribution in [-0.2, 0) is 4.79 Å². The molecule has 0 radical (unpaired) electrons. The van der Waals surface area contributed by atoms with E-state index in [2.05, 4.69) is 55.5 Å². The molecule has 0 aromatic heterocycles. The molecule has 24 heavy (non-hydrogen) atoms. The molecule has 0 aliphatic rings. The highest BCUT2D eigenvalue weighted by molar-refractivity contribution is 5.66. The highest BCUT2D eigenvalue weighted by Gasteiger charge is 1.94.